The quantitative estimate of drug-likeness (QED) is 0.828. The molecule has 1 aliphatic rings. The minimum absolute atomic E-state index is 0.0216. The standard InChI is InChI=1S/C21H24N2O5/c1-15-3-8-19(26-2)18(13-15)21(25)22-16-4-6-17(7-5-16)28-14-20(24)23-9-11-27-12-10-23/h3-8,13H,9-12,14H2,1-2H3,(H,22,25). The van der Waals surface area contributed by atoms with E-state index in [4.69, 9.17) is 14.2 Å². The molecule has 2 aromatic rings. The maximum Gasteiger partial charge on any atom is 0.260 e. The highest BCUT2D eigenvalue weighted by atomic mass is 16.5. The number of nitrogens with zero attached hydrogens (tertiary/aromatic N) is 1. The second-order valence-corrected chi connectivity index (χ2v) is 6.46. The Balaban J connectivity index is 1.56. The van der Waals surface area contributed by atoms with Gasteiger partial charge in [-0.15, -0.1) is 0 Å². The molecule has 0 radical (unpaired) electrons. The number of aryl methyl sites for hydroxylation is 1. The zero-order chi connectivity index (χ0) is 19.9. The number of rotatable bonds is 6. The molecule has 2 amide bonds. The van der Waals surface area contributed by atoms with E-state index in [1.54, 1.807) is 41.3 Å². The Labute approximate surface area is 164 Å². The van der Waals surface area contributed by atoms with Crippen molar-refractivity contribution in [3.8, 4) is 11.5 Å². The second-order valence-electron chi connectivity index (χ2n) is 6.46. The fourth-order valence-electron chi connectivity index (χ4n) is 2.88. The predicted molar refractivity (Wildman–Crippen MR) is 105 cm³/mol. The van der Waals surface area contributed by atoms with Crippen molar-refractivity contribution in [3.63, 3.8) is 0 Å². The van der Waals surface area contributed by atoms with Crippen LogP contribution in [0, 0.1) is 6.92 Å². The normalized spacial score (nSPS) is 13.7. The first-order valence-corrected chi connectivity index (χ1v) is 9.11. The molecule has 2 aromatic carbocycles. The van der Waals surface area contributed by atoms with Gasteiger partial charge < -0.3 is 24.4 Å². The van der Waals surface area contributed by atoms with Gasteiger partial charge in [0, 0.05) is 18.8 Å². The van der Waals surface area contributed by atoms with Crippen LogP contribution in [0.2, 0.25) is 0 Å². The van der Waals surface area contributed by atoms with Crippen LogP contribution in [-0.4, -0.2) is 56.7 Å². The first-order chi connectivity index (χ1) is 13.6. The number of hydrogen-bond acceptors (Lipinski definition) is 5. The van der Waals surface area contributed by atoms with Gasteiger partial charge in [0.1, 0.15) is 11.5 Å². The Kier molecular flexibility index (Phi) is 6.49. The molecule has 0 aliphatic carbocycles. The first-order valence-electron chi connectivity index (χ1n) is 9.11. The highest BCUT2D eigenvalue weighted by molar-refractivity contribution is 6.06. The summed E-state index contributed by atoms with van der Waals surface area (Å²) in [5.41, 5.74) is 2.07. The topological polar surface area (TPSA) is 77.1 Å². The van der Waals surface area contributed by atoms with Crippen molar-refractivity contribution in [1.29, 1.82) is 0 Å². The SMILES string of the molecule is COc1ccc(C)cc1C(=O)Nc1ccc(OCC(=O)N2CCOCC2)cc1. The molecular formula is C21H24N2O5. The van der Waals surface area contributed by atoms with Crippen LogP contribution in [0.15, 0.2) is 42.5 Å². The lowest BCUT2D eigenvalue weighted by Gasteiger charge is -2.26. The molecule has 0 aromatic heterocycles. The molecule has 1 aliphatic heterocycles. The molecule has 1 fully saturated rings. The molecule has 0 atom stereocenters. The molecule has 1 heterocycles. The van der Waals surface area contributed by atoms with E-state index in [1.165, 1.54) is 7.11 Å². The Morgan fingerprint density at radius 2 is 1.82 bits per heavy atom. The van der Waals surface area contributed by atoms with E-state index in [1.807, 2.05) is 13.0 Å². The number of hydrogen-bond donors (Lipinski definition) is 1. The average molecular weight is 384 g/mol. The van der Waals surface area contributed by atoms with Crippen LogP contribution in [0.25, 0.3) is 0 Å². The summed E-state index contributed by atoms with van der Waals surface area (Å²) in [5.74, 6) is 0.765. The summed E-state index contributed by atoms with van der Waals surface area (Å²) >= 11 is 0. The molecule has 0 saturated carbocycles. The molecule has 148 valence electrons. The van der Waals surface area contributed by atoms with Crippen molar-refractivity contribution in [1.82, 2.24) is 4.90 Å². The largest absolute Gasteiger partial charge is 0.496 e. The van der Waals surface area contributed by atoms with Crippen molar-refractivity contribution in [2.45, 2.75) is 6.92 Å². The molecule has 7 nitrogen and oxygen atoms in total. The van der Waals surface area contributed by atoms with Gasteiger partial charge in [-0.25, -0.2) is 0 Å². The van der Waals surface area contributed by atoms with Crippen molar-refractivity contribution >= 4 is 17.5 Å². The highest BCUT2D eigenvalue weighted by Gasteiger charge is 2.17. The molecule has 0 bridgehead atoms. The van der Waals surface area contributed by atoms with Crippen molar-refractivity contribution in [3.05, 3.63) is 53.6 Å². The van der Waals surface area contributed by atoms with Gasteiger partial charge in [-0.3, -0.25) is 9.59 Å². The van der Waals surface area contributed by atoms with E-state index in [-0.39, 0.29) is 18.4 Å². The van der Waals surface area contributed by atoms with Crippen LogP contribution in [0.1, 0.15) is 15.9 Å². The third-order valence-corrected chi connectivity index (χ3v) is 4.44. The minimum atomic E-state index is -0.253. The number of ether oxygens (including phenoxy) is 3. The average Bonchev–Trinajstić information content (AvgIpc) is 2.73. The third-order valence-electron chi connectivity index (χ3n) is 4.44. The van der Waals surface area contributed by atoms with Gasteiger partial charge in [-0.1, -0.05) is 11.6 Å². The summed E-state index contributed by atoms with van der Waals surface area (Å²) in [6.45, 7) is 4.20. The lowest BCUT2D eigenvalue weighted by Crippen LogP contribution is -2.42. The van der Waals surface area contributed by atoms with Crippen LogP contribution in [0.4, 0.5) is 5.69 Å². The monoisotopic (exact) mass is 384 g/mol. The minimum Gasteiger partial charge on any atom is -0.496 e. The summed E-state index contributed by atoms with van der Waals surface area (Å²) in [6, 6.07) is 12.3. The molecular weight excluding hydrogens is 360 g/mol. The first kappa shape index (κ1) is 19.7. The number of morpholine rings is 1. The molecule has 3 rings (SSSR count). The fourth-order valence-corrected chi connectivity index (χ4v) is 2.88. The number of methoxy groups -OCH3 is 1. The summed E-state index contributed by atoms with van der Waals surface area (Å²) in [7, 11) is 1.53. The van der Waals surface area contributed by atoms with E-state index in [0.717, 1.165) is 5.56 Å². The van der Waals surface area contributed by atoms with E-state index in [9.17, 15) is 9.59 Å². The lowest BCUT2D eigenvalue weighted by atomic mass is 10.1. The van der Waals surface area contributed by atoms with Crippen LogP contribution in [0.3, 0.4) is 0 Å². The number of nitrogens with one attached hydrogen (secondary N) is 1. The summed E-state index contributed by atoms with van der Waals surface area (Å²) in [4.78, 5) is 26.4. The Bertz CT molecular complexity index is 829. The number of benzene rings is 2. The van der Waals surface area contributed by atoms with E-state index in [0.29, 0.717) is 49.1 Å². The van der Waals surface area contributed by atoms with Gasteiger partial charge >= 0.3 is 0 Å². The Morgan fingerprint density at radius 3 is 2.50 bits per heavy atom. The van der Waals surface area contributed by atoms with E-state index >= 15 is 0 Å². The smallest absolute Gasteiger partial charge is 0.260 e. The zero-order valence-corrected chi connectivity index (χ0v) is 16.1. The molecule has 1 saturated heterocycles. The third kappa shape index (κ3) is 5.01. The summed E-state index contributed by atoms with van der Waals surface area (Å²) < 4.78 is 16.0. The van der Waals surface area contributed by atoms with Crippen LogP contribution in [-0.2, 0) is 9.53 Å². The zero-order valence-electron chi connectivity index (χ0n) is 16.1. The number of carbonyl (C=O) groups is 2. The predicted octanol–water partition coefficient (Wildman–Crippen LogP) is 2.49. The maximum absolute atomic E-state index is 12.5. The number of anilines is 1. The molecule has 28 heavy (non-hydrogen) atoms. The maximum atomic E-state index is 12.5. The molecule has 0 spiro atoms. The van der Waals surface area contributed by atoms with Gasteiger partial charge in [0.25, 0.3) is 11.8 Å². The van der Waals surface area contributed by atoms with Crippen molar-refractivity contribution < 1.29 is 23.8 Å². The summed E-state index contributed by atoms with van der Waals surface area (Å²) in [5, 5.41) is 2.84. The van der Waals surface area contributed by atoms with Crippen molar-refractivity contribution in [2.24, 2.45) is 0 Å². The van der Waals surface area contributed by atoms with Gasteiger partial charge in [0.05, 0.1) is 25.9 Å². The van der Waals surface area contributed by atoms with Crippen LogP contribution < -0.4 is 14.8 Å². The Hall–Kier alpha value is -3.06. The summed E-state index contributed by atoms with van der Waals surface area (Å²) in [6.07, 6.45) is 0. The number of amides is 2. The molecule has 0 unspecified atom stereocenters. The highest BCUT2D eigenvalue weighted by Crippen LogP contribution is 2.22. The van der Waals surface area contributed by atoms with Crippen LogP contribution in [0.5, 0.6) is 11.5 Å². The van der Waals surface area contributed by atoms with Gasteiger partial charge in [-0.05, 0) is 43.3 Å². The fraction of sp³-hybridized carbons (Fsp3) is 0.333. The molecule has 1 N–H and O–H groups in total. The lowest BCUT2D eigenvalue weighted by molar-refractivity contribution is -0.137. The van der Waals surface area contributed by atoms with Gasteiger partial charge in [0.2, 0.25) is 0 Å². The molecule has 7 heteroatoms. The van der Waals surface area contributed by atoms with Gasteiger partial charge in [-0.2, -0.15) is 0 Å². The van der Waals surface area contributed by atoms with Gasteiger partial charge in [0.15, 0.2) is 6.61 Å². The number of carbonyl (C=O) groups excluding carboxylic acids is 2. The van der Waals surface area contributed by atoms with E-state index in [2.05, 4.69) is 5.32 Å². The van der Waals surface area contributed by atoms with Crippen molar-refractivity contribution in [2.75, 3.05) is 45.3 Å². The van der Waals surface area contributed by atoms with Crippen LogP contribution >= 0.6 is 0 Å². The second kappa shape index (κ2) is 9.23. The van der Waals surface area contributed by atoms with E-state index < -0.39 is 0 Å². The Morgan fingerprint density at radius 1 is 1.11 bits per heavy atom.